The Balaban J connectivity index is 1.98. The molecule has 1 fully saturated rings. The molecule has 1 aliphatic rings. The molecule has 1 aromatic carbocycles. The Bertz CT molecular complexity index is 717. The fraction of sp³-hybridized carbons (Fsp3) is 0.471. The van der Waals surface area contributed by atoms with E-state index in [0.29, 0.717) is 6.42 Å². The van der Waals surface area contributed by atoms with E-state index in [2.05, 4.69) is 4.98 Å². The highest BCUT2D eigenvalue weighted by molar-refractivity contribution is 6.61. The summed E-state index contributed by atoms with van der Waals surface area (Å²) in [5.41, 5.74) is 2.20. The fourth-order valence-corrected chi connectivity index (χ4v) is 2.76. The first kappa shape index (κ1) is 15.3. The zero-order valence-corrected chi connectivity index (χ0v) is 13.8. The van der Waals surface area contributed by atoms with Crippen molar-refractivity contribution in [3.05, 3.63) is 29.8 Å². The van der Waals surface area contributed by atoms with Crippen molar-refractivity contribution in [1.82, 2.24) is 4.98 Å². The van der Waals surface area contributed by atoms with Gasteiger partial charge in [0.05, 0.1) is 11.2 Å². The molecule has 0 unspecified atom stereocenters. The summed E-state index contributed by atoms with van der Waals surface area (Å²) in [6, 6.07) is 8.00. The van der Waals surface area contributed by atoms with Crippen LogP contribution < -0.4 is 5.59 Å². The van der Waals surface area contributed by atoms with Gasteiger partial charge >= 0.3 is 7.12 Å². The molecule has 1 saturated heterocycles. The van der Waals surface area contributed by atoms with E-state index in [0.717, 1.165) is 22.1 Å². The Hall–Kier alpha value is -1.59. The van der Waals surface area contributed by atoms with Gasteiger partial charge in [0.25, 0.3) is 0 Å². The Kier molecular flexibility index (Phi) is 3.46. The average molecular weight is 299 g/mol. The van der Waals surface area contributed by atoms with Gasteiger partial charge in [-0.2, -0.15) is 0 Å². The van der Waals surface area contributed by atoms with E-state index < -0.39 is 7.12 Å². The first-order chi connectivity index (χ1) is 10.2. The van der Waals surface area contributed by atoms with Crippen LogP contribution in [0.4, 0.5) is 0 Å². The molecule has 1 N–H and O–H groups in total. The van der Waals surface area contributed by atoms with Crippen molar-refractivity contribution in [3.8, 4) is 0 Å². The predicted octanol–water partition coefficient (Wildman–Crippen LogP) is 2.60. The van der Waals surface area contributed by atoms with Crippen LogP contribution in [0.1, 0.15) is 40.2 Å². The van der Waals surface area contributed by atoms with Crippen LogP contribution in [0.2, 0.25) is 0 Å². The van der Waals surface area contributed by atoms with E-state index in [-0.39, 0.29) is 17.0 Å². The van der Waals surface area contributed by atoms with Crippen LogP contribution in [0.5, 0.6) is 0 Å². The molecular formula is C17H22BNO3. The number of Topliss-reactive ketones (excluding diaryl/α,β-unsaturated/α-hetero) is 1. The number of hydrogen-bond donors (Lipinski definition) is 1. The SMILES string of the molecule is CC(=O)Cc1cccc2[nH]c(B3OC(C)(C)C(C)(C)O3)cc12. The van der Waals surface area contributed by atoms with Gasteiger partial charge in [-0.15, -0.1) is 0 Å². The molecule has 0 amide bonds. The number of rotatable bonds is 3. The maximum Gasteiger partial charge on any atom is 0.512 e. The smallest absolute Gasteiger partial charge is 0.398 e. The first-order valence-corrected chi connectivity index (χ1v) is 7.65. The van der Waals surface area contributed by atoms with E-state index in [1.54, 1.807) is 6.92 Å². The quantitative estimate of drug-likeness (QED) is 0.886. The van der Waals surface area contributed by atoms with E-state index in [9.17, 15) is 4.79 Å². The number of fused-ring (bicyclic) bond motifs is 1. The van der Waals surface area contributed by atoms with Gasteiger partial charge in [-0.3, -0.25) is 4.79 Å². The van der Waals surface area contributed by atoms with Gasteiger partial charge in [0.2, 0.25) is 0 Å². The van der Waals surface area contributed by atoms with Crippen LogP contribution in [0, 0.1) is 0 Å². The molecule has 0 atom stereocenters. The third kappa shape index (κ3) is 2.48. The van der Waals surface area contributed by atoms with Crippen molar-refractivity contribution in [2.75, 3.05) is 0 Å². The number of carbonyl (C=O) groups excluding carboxylic acids is 1. The lowest BCUT2D eigenvalue weighted by Gasteiger charge is -2.32. The maximum atomic E-state index is 11.4. The largest absolute Gasteiger partial charge is 0.512 e. The Morgan fingerprint density at radius 2 is 1.82 bits per heavy atom. The summed E-state index contributed by atoms with van der Waals surface area (Å²) in [4.78, 5) is 14.8. The minimum absolute atomic E-state index is 0.158. The number of aromatic nitrogens is 1. The van der Waals surface area contributed by atoms with Gasteiger partial charge in [0.1, 0.15) is 5.78 Å². The number of benzene rings is 1. The van der Waals surface area contributed by atoms with Gasteiger partial charge < -0.3 is 14.3 Å². The van der Waals surface area contributed by atoms with Crippen LogP contribution in [0.3, 0.4) is 0 Å². The molecule has 22 heavy (non-hydrogen) atoms. The summed E-state index contributed by atoms with van der Waals surface area (Å²) >= 11 is 0. The van der Waals surface area contributed by atoms with Gasteiger partial charge in [0, 0.05) is 22.9 Å². The average Bonchev–Trinajstić information content (AvgIpc) is 2.89. The van der Waals surface area contributed by atoms with Crippen molar-refractivity contribution in [3.63, 3.8) is 0 Å². The topological polar surface area (TPSA) is 51.3 Å². The number of aromatic amines is 1. The second-order valence-corrected chi connectivity index (χ2v) is 7.07. The van der Waals surface area contributed by atoms with Gasteiger partial charge in [-0.05, 0) is 52.3 Å². The molecule has 0 radical (unpaired) electrons. The third-order valence-corrected chi connectivity index (χ3v) is 4.72. The third-order valence-electron chi connectivity index (χ3n) is 4.72. The van der Waals surface area contributed by atoms with Crippen LogP contribution in [-0.4, -0.2) is 29.1 Å². The van der Waals surface area contributed by atoms with Crippen LogP contribution >= 0.6 is 0 Å². The molecule has 2 aromatic rings. The second kappa shape index (κ2) is 4.96. The number of carbonyl (C=O) groups is 1. The molecule has 1 aliphatic heterocycles. The Morgan fingerprint density at radius 1 is 1.18 bits per heavy atom. The van der Waals surface area contributed by atoms with Crippen molar-refractivity contribution in [2.45, 2.75) is 52.2 Å². The van der Waals surface area contributed by atoms with Gasteiger partial charge in [-0.25, -0.2) is 0 Å². The highest BCUT2D eigenvalue weighted by Gasteiger charge is 2.52. The molecule has 0 saturated carbocycles. The second-order valence-electron chi connectivity index (χ2n) is 7.07. The first-order valence-electron chi connectivity index (χ1n) is 7.65. The Morgan fingerprint density at radius 3 is 2.41 bits per heavy atom. The number of nitrogens with one attached hydrogen (secondary N) is 1. The van der Waals surface area contributed by atoms with Crippen molar-refractivity contribution >= 4 is 29.4 Å². The van der Waals surface area contributed by atoms with E-state index in [1.165, 1.54) is 0 Å². The number of ketones is 1. The molecule has 2 heterocycles. The summed E-state index contributed by atoms with van der Waals surface area (Å²) < 4.78 is 12.2. The number of hydrogen-bond acceptors (Lipinski definition) is 3. The van der Waals surface area contributed by atoms with E-state index >= 15 is 0 Å². The monoisotopic (exact) mass is 299 g/mol. The van der Waals surface area contributed by atoms with Crippen molar-refractivity contribution in [1.29, 1.82) is 0 Å². The highest BCUT2D eigenvalue weighted by Crippen LogP contribution is 2.36. The van der Waals surface area contributed by atoms with E-state index in [1.807, 2.05) is 52.0 Å². The molecule has 116 valence electrons. The van der Waals surface area contributed by atoms with Crippen LogP contribution in [0.25, 0.3) is 10.9 Å². The highest BCUT2D eigenvalue weighted by atomic mass is 16.7. The van der Waals surface area contributed by atoms with Crippen LogP contribution in [0.15, 0.2) is 24.3 Å². The maximum absolute atomic E-state index is 11.4. The summed E-state index contributed by atoms with van der Waals surface area (Å²) in [6.45, 7) is 9.77. The van der Waals surface area contributed by atoms with Crippen LogP contribution in [-0.2, 0) is 20.5 Å². The van der Waals surface area contributed by atoms with Crippen molar-refractivity contribution in [2.24, 2.45) is 0 Å². The molecule has 5 heteroatoms. The fourth-order valence-electron chi connectivity index (χ4n) is 2.76. The Labute approximate surface area is 131 Å². The molecule has 0 spiro atoms. The zero-order valence-electron chi connectivity index (χ0n) is 13.8. The van der Waals surface area contributed by atoms with Gasteiger partial charge in [-0.1, -0.05) is 12.1 Å². The standard InChI is InChI=1S/C17H22BNO3/c1-11(20)9-12-7-6-8-14-13(12)10-15(19-14)18-21-16(2,3)17(4,5)22-18/h6-8,10,19H,9H2,1-5H3. The van der Waals surface area contributed by atoms with Gasteiger partial charge in [0.15, 0.2) is 0 Å². The zero-order chi connectivity index (χ0) is 16.1. The lowest BCUT2D eigenvalue weighted by atomic mass is 9.85. The normalized spacial score (nSPS) is 19.8. The number of H-pyrrole nitrogens is 1. The molecule has 4 nitrogen and oxygen atoms in total. The predicted molar refractivity (Wildman–Crippen MR) is 88.4 cm³/mol. The molecule has 0 aliphatic carbocycles. The molecular weight excluding hydrogens is 277 g/mol. The summed E-state index contributed by atoms with van der Waals surface area (Å²) in [6.07, 6.45) is 0.442. The summed E-state index contributed by atoms with van der Waals surface area (Å²) in [7, 11) is -0.414. The molecule has 0 bridgehead atoms. The van der Waals surface area contributed by atoms with Crippen molar-refractivity contribution < 1.29 is 14.1 Å². The lowest BCUT2D eigenvalue weighted by Crippen LogP contribution is -2.41. The lowest BCUT2D eigenvalue weighted by molar-refractivity contribution is -0.116. The summed E-state index contributed by atoms with van der Waals surface area (Å²) in [5, 5.41) is 1.06. The summed E-state index contributed by atoms with van der Waals surface area (Å²) in [5.74, 6) is 0.158. The van der Waals surface area contributed by atoms with E-state index in [4.69, 9.17) is 9.31 Å². The molecule has 1 aromatic heterocycles. The molecule has 3 rings (SSSR count). The minimum atomic E-state index is -0.414. The minimum Gasteiger partial charge on any atom is -0.398 e.